The molecular weight excluding hydrogens is 346 g/mol. The Bertz CT molecular complexity index is 999. The number of amides is 1. The summed E-state index contributed by atoms with van der Waals surface area (Å²) in [6.45, 7) is 2.01. The molecule has 0 aliphatic rings. The van der Waals surface area contributed by atoms with Gasteiger partial charge in [-0.3, -0.25) is 14.2 Å². The van der Waals surface area contributed by atoms with Gasteiger partial charge in [0, 0.05) is 17.3 Å². The number of aromatic nitrogens is 4. The van der Waals surface area contributed by atoms with Crippen LogP contribution in [-0.2, 0) is 17.9 Å². The van der Waals surface area contributed by atoms with Gasteiger partial charge in [0.2, 0.25) is 5.91 Å². The van der Waals surface area contributed by atoms with Gasteiger partial charge in [0.15, 0.2) is 0 Å². The Morgan fingerprint density at radius 1 is 1.15 bits per heavy atom. The van der Waals surface area contributed by atoms with Crippen LogP contribution in [0.2, 0.25) is 0 Å². The molecule has 0 atom stereocenters. The average molecular weight is 365 g/mol. The van der Waals surface area contributed by atoms with Crippen molar-refractivity contribution in [3.05, 3.63) is 70.8 Å². The SMILES string of the molecule is COc1ccc(-c2cc(=O)n(CC(=O)NCc3cc(C)ncn3)cn2)cc1. The third-order valence-electron chi connectivity index (χ3n) is 3.91. The molecule has 0 fully saturated rings. The fourth-order valence-electron chi connectivity index (χ4n) is 2.47. The number of ether oxygens (including phenoxy) is 1. The predicted octanol–water partition coefficient (Wildman–Crippen LogP) is 1.33. The summed E-state index contributed by atoms with van der Waals surface area (Å²) in [4.78, 5) is 36.7. The van der Waals surface area contributed by atoms with E-state index in [4.69, 9.17) is 4.74 Å². The van der Waals surface area contributed by atoms with Gasteiger partial charge in [-0.2, -0.15) is 0 Å². The van der Waals surface area contributed by atoms with Gasteiger partial charge in [-0.15, -0.1) is 0 Å². The maximum absolute atomic E-state index is 12.3. The Balaban J connectivity index is 1.64. The Morgan fingerprint density at radius 3 is 2.59 bits per heavy atom. The van der Waals surface area contributed by atoms with Gasteiger partial charge in [0.25, 0.3) is 5.56 Å². The highest BCUT2D eigenvalue weighted by Gasteiger charge is 2.08. The zero-order valence-corrected chi connectivity index (χ0v) is 15.0. The molecule has 0 aliphatic carbocycles. The van der Waals surface area contributed by atoms with E-state index in [0.717, 1.165) is 17.0 Å². The summed E-state index contributed by atoms with van der Waals surface area (Å²) >= 11 is 0. The van der Waals surface area contributed by atoms with E-state index in [1.165, 1.54) is 23.3 Å². The van der Waals surface area contributed by atoms with Crippen LogP contribution in [0.1, 0.15) is 11.4 Å². The van der Waals surface area contributed by atoms with Gasteiger partial charge in [-0.25, -0.2) is 15.0 Å². The van der Waals surface area contributed by atoms with E-state index >= 15 is 0 Å². The number of carbonyl (C=O) groups excluding carboxylic acids is 1. The molecule has 1 N–H and O–H groups in total. The lowest BCUT2D eigenvalue weighted by Gasteiger charge is -2.08. The van der Waals surface area contributed by atoms with E-state index in [1.54, 1.807) is 25.3 Å². The summed E-state index contributed by atoms with van der Waals surface area (Å²) in [5.41, 5.74) is 2.56. The van der Waals surface area contributed by atoms with Gasteiger partial charge in [0.05, 0.1) is 31.4 Å². The number of aryl methyl sites for hydroxylation is 1. The lowest BCUT2D eigenvalue weighted by Crippen LogP contribution is -2.32. The molecule has 3 aromatic rings. The van der Waals surface area contributed by atoms with Gasteiger partial charge < -0.3 is 10.1 Å². The van der Waals surface area contributed by atoms with Crippen molar-refractivity contribution in [3.63, 3.8) is 0 Å². The third-order valence-corrected chi connectivity index (χ3v) is 3.91. The highest BCUT2D eigenvalue weighted by atomic mass is 16.5. The number of hydrogen-bond acceptors (Lipinski definition) is 6. The molecule has 3 rings (SSSR count). The van der Waals surface area contributed by atoms with Gasteiger partial charge in [-0.05, 0) is 37.3 Å². The van der Waals surface area contributed by atoms with Crippen LogP contribution in [0.4, 0.5) is 0 Å². The van der Waals surface area contributed by atoms with Crippen LogP contribution >= 0.6 is 0 Å². The Kier molecular flexibility index (Phi) is 5.55. The van der Waals surface area contributed by atoms with E-state index in [1.807, 2.05) is 19.1 Å². The number of carbonyl (C=O) groups is 1. The second-order valence-corrected chi connectivity index (χ2v) is 5.90. The minimum atomic E-state index is -0.302. The minimum absolute atomic E-state index is 0.112. The first-order valence-corrected chi connectivity index (χ1v) is 8.30. The Labute approximate surface area is 155 Å². The fourth-order valence-corrected chi connectivity index (χ4v) is 2.47. The monoisotopic (exact) mass is 365 g/mol. The smallest absolute Gasteiger partial charge is 0.254 e. The standard InChI is InChI=1S/C19H19N5O3/c1-13-7-15(22-11-21-13)9-20-18(25)10-24-12-23-17(8-19(24)26)14-3-5-16(27-2)6-4-14/h3-8,11-12H,9-10H2,1-2H3,(H,20,25). The summed E-state index contributed by atoms with van der Waals surface area (Å²) in [7, 11) is 1.59. The van der Waals surface area contributed by atoms with Gasteiger partial charge >= 0.3 is 0 Å². The predicted molar refractivity (Wildman–Crippen MR) is 99.1 cm³/mol. The molecular formula is C19H19N5O3. The number of nitrogens with zero attached hydrogens (tertiary/aromatic N) is 4. The van der Waals surface area contributed by atoms with E-state index in [9.17, 15) is 9.59 Å². The second-order valence-electron chi connectivity index (χ2n) is 5.90. The normalized spacial score (nSPS) is 10.4. The van der Waals surface area contributed by atoms with Crippen molar-refractivity contribution in [1.29, 1.82) is 0 Å². The molecule has 8 heteroatoms. The van der Waals surface area contributed by atoms with Crippen molar-refractivity contribution in [2.75, 3.05) is 7.11 Å². The second kappa shape index (κ2) is 8.22. The molecule has 1 amide bonds. The molecule has 0 bridgehead atoms. The molecule has 2 heterocycles. The first kappa shape index (κ1) is 18.2. The topological polar surface area (TPSA) is 99.0 Å². The summed E-state index contributed by atoms with van der Waals surface area (Å²) in [5, 5.41) is 2.73. The summed E-state index contributed by atoms with van der Waals surface area (Å²) in [6.07, 6.45) is 2.82. The van der Waals surface area contributed by atoms with Gasteiger partial charge in [0.1, 0.15) is 18.6 Å². The zero-order valence-electron chi connectivity index (χ0n) is 15.0. The van der Waals surface area contributed by atoms with Crippen molar-refractivity contribution in [3.8, 4) is 17.0 Å². The average Bonchev–Trinajstić information content (AvgIpc) is 2.68. The molecule has 0 spiro atoms. The van der Waals surface area contributed by atoms with Crippen molar-refractivity contribution in [1.82, 2.24) is 24.8 Å². The first-order valence-electron chi connectivity index (χ1n) is 8.30. The highest BCUT2D eigenvalue weighted by Crippen LogP contribution is 2.19. The number of rotatable bonds is 6. The number of methoxy groups -OCH3 is 1. The molecule has 2 aromatic heterocycles. The molecule has 1 aromatic carbocycles. The number of benzene rings is 1. The minimum Gasteiger partial charge on any atom is -0.497 e. The van der Waals surface area contributed by atoms with Crippen LogP contribution < -0.4 is 15.6 Å². The van der Waals surface area contributed by atoms with Crippen molar-refractivity contribution < 1.29 is 9.53 Å². The van der Waals surface area contributed by atoms with Crippen LogP contribution in [0.3, 0.4) is 0 Å². The lowest BCUT2D eigenvalue weighted by molar-refractivity contribution is -0.121. The van der Waals surface area contributed by atoms with Crippen LogP contribution in [0, 0.1) is 6.92 Å². The van der Waals surface area contributed by atoms with Crippen molar-refractivity contribution in [2.24, 2.45) is 0 Å². The molecule has 0 aliphatic heterocycles. The number of nitrogens with one attached hydrogen (secondary N) is 1. The Hall–Kier alpha value is -3.55. The number of hydrogen-bond donors (Lipinski definition) is 1. The molecule has 0 saturated heterocycles. The van der Waals surface area contributed by atoms with E-state index in [2.05, 4.69) is 20.3 Å². The van der Waals surface area contributed by atoms with E-state index < -0.39 is 0 Å². The lowest BCUT2D eigenvalue weighted by atomic mass is 10.1. The molecule has 27 heavy (non-hydrogen) atoms. The quantitative estimate of drug-likeness (QED) is 0.708. The summed E-state index contributed by atoms with van der Waals surface area (Å²) in [6, 6.07) is 10.4. The maximum atomic E-state index is 12.3. The van der Waals surface area contributed by atoms with Crippen LogP contribution in [0.25, 0.3) is 11.3 Å². The third kappa shape index (κ3) is 4.75. The summed E-state index contributed by atoms with van der Waals surface area (Å²) in [5.74, 6) is 0.426. The molecule has 0 saturated carbocycles. The fraction of sp³-hybridized carbons (Fsp3) is 0.211. The largest absolute Gasteiger partial charge is 0.497 e. The van der Waals surface area contributed by atoms with Crippen LogP contribution in [0.5, 0.6) is 5.75 Å². The molecule has 8 nitrogen and oxygen atoms in total. The van der Waals surface area contributed by atoms with Crippen molar-refractivity contribution >= 4 is 5.91 Å². The van der Waals surface area contributed by atoms with E-state index in [0.29, 0.717) is 11.4 Å². The van der Waals surface area contributed by atoms with Crippen LogP contribution in [-0.4, -0.2) is 32.5 Å². The zero-order chi connectivity index (χ0) is 19.2. The Morgan fingerprint density at radius 2 is 1.93 bits per heavy atom. The van der Waals surface area contributed by atoms with Crippen LogP contribution in [0.15, 0.2) is 53.8 Å². The van der Waals surface area contributed by atoms with Crippen molar-refractivity contribution in [2.45, 2.75) is 20.0 Å². The highest BCUT2D eigenvalue weighted by molar-refractivity contribution is 5.75. The molecule has 138 valence electrons. The summed E-state index contributed by atoms with van der Waals surface area (Å²) < 4.78 is 6.37. The van der Waals surface area contributed by atoms with Gasteiger partial charge in [-0.1, -0.05) is 0 Å². The maximum Gasteiger partial charge on any atom is 0.254 e. The first-order chi connectivity index (χ1) is 13.0. The molecule has 0 radical (unpaired) electrons. The molecule has 0 unspecified atom stereocenters. The van der Waals surface area contributed by atoms with E-state index in [-0.39, 0.29) is 24.6 Å².